The zero-order chi connectivity index (χ0) is 11.4. The molecule has 1 aliphatic rings. The van der Waals surface area contributed by atoms with Crippen LogP contribution in [0.5, 0.6) is 0 Å². The van der Waals surface area contributed by atoms with Gasteiger partial charge in [0.1, 0.15) is 0 Å². The van der Waals surface area contributed by atoms with E-state index < -0.39 is 0 Å². The van der Waals surface area contributed by atoms with E-state index in [4.69, 9.17) is 5.73 Å². The van der Waals surface area contributed by atoms with Crippen LogP contribution in [0.2, 0.25) is 0 Å². The molecule has 2 N–H and O–H groups in total. The Bertz CT molecular complexity index is 208. The van der Waals surface area contributed by atoms with Gasteiger partial charge in [0.15, 0.2) is 0 Å². The maximum Gasteiger partial charge on any atom is 0.223 e. The molecule has 1 heterocycles. The van der Waals surface area contributed by atoms with E-state index in [1.165, 1.54) is 0 Å². The van der Waals surface area contributed by atoms with Gasteiger partial charge in [-0.2, -0.15) is 0 Å². The van der Waals surface area contributed by atoms with Crippen molar-refractivity contribution in [3.8, 4) is 0 Å². The minimum Gasteiger partial charge on any atom is -0.349 e. The topological polar surface area (TPSA) is 49.6 Å². The largest absolute Gasteiger partial charge is 0.349 e. The van der Waals surface area contributed by atoms with E-state index in [1.807, 2.05) is 0 Å². The van der Waals surface area contributed by atoms with Crippen LogP contribution in [0.25, 0.3) is 0 Å². The molecule has 0 aromatic carbocycles. The molecule has 15 heavy (non-hydrogen) atoms. The molecule has 0 aromatic rings. The first-order valence-corrected chi connectivity index (χ1v) is 5.67. The molecule has 0 aliphatic carbocycles. The second-order valence-corrected chi connectivity index (χ2v) is 4.90. The number of amides is 1. The lowest BCUT2D eigenvalue weighted by Crippen LogP contribution is -2.47. The normalized spacial score (nSPS) is 27.7. The van der Waals surface area contributed by atoms with Gasteiger partial charge in [-0.25, -0.2) is 0 Å². The van der Waals surface area contributed by atoms with Crippen molar-refractivity contribution in [1.82, 2.24) is 9.80 Å². The van der Waals surface area contributed by atoms with Crippen molar-refractivity contribution in [2.75, 3.05) is 33.7 Å². The molecule has 1 rings (SSSR count). The Labute approximate surface area is 92.4 Å². The highest BCUT2D eigenvalue weighted by molar-refractivity contribution is 5.75. The Morgan fingerprint density at radius 3 is 2.67 bits per heavy atom. The number of nitrogens with zero attached hydrogens (tertiary/aromatic N) is 2. The first kappa shape index (κ1) is 12.5. The average Bonchev–Trinajstić information content (AvgIpc) is 2.12. The molecule has 0 radical (unpaired) electrons. The fourth-order valence-corrected chi connectivity index (χ4v) is 2.17. The van der Waals surface area contributed by atoms with Crippen LogP contribution in [0.1, 0.15) is 19.8 Å². The molecular formula is C11H23N3O. The fourth-order valence-electron chi connectivity index (χ4n) is 2.17. The number of likely N-dealkylation sites (tertiary alicyclic amines) is 1. The van der Waals surface area contributed by atoms with Gasteiger partial charge in [-0.05, 0) is 12.3 Å². The molecule has 1 amide bonds. The number of rotatable bonds is 3. The van der Waals surface area contributed by atoms with Crippen molar-refractivity contribution in [3.05, 3.63) is 0 Å². The fraction of sp³-hybridized carbons (Fsp3) is 0.909. The van der Waals surface area contributed by atoms with E-state index in [-0.39, 0.29) is 11.9 Å². The third-order valence-corrected chi connectivity index (χ3v) is 2.91. The van der Waals surface area contributed by atoms with Crippen molar-refractivity contribution in [2.24, 2.45) is 11.7 Å². The van der Waals surface area contributed by atoms with Crippen molar-refractivity contribution in [1.29, 1.82) is 0 Å². The van der Waals surface area contributed by atoms with Gasteiger partial charge in [0, 0.05) is 46.2 Å². The highest BCUT2D eigenvalue weighted by Crippen LogP contribution is 2.14. The molecule has 2 unspecified atom stereocenters. The van der Waals surface area contributed by atoms with Crippen LogP contribution >= 0.6 is 0 Å². The number of carbonyl (C=O) groups excluding carboxylic acids is 1. The Kier molecular flexibility index (Phi) is 4.54. The quantitative estimate of drug-likeness (QED) is 0.725. The summed E-state index contributed by atoms with van der Waals surface area (Å²) in [5.74, 6) is 0.852. The van der Waals surface area contributed by atoms with Crippen LogP contribution < -0.4 is 5.73 Å². The van der Waals surface area contributed by atoms with E-state index in [2.05, 4.69) is 11.8 Å². The average molecular weight is 213 g/mol. The van der Waals surface area contributed by atoms with Crippen molar-refractivity contribution < 1.29 is 4.79 Å². The number of piperidine rings is 1. The summed E-state index contributed by atoms with van der Waals surface area (Å²) >= 11 is 0. The molecule has 88 valence electrons. The lowest BCUT2D eigenvalue weighted by molar-refractivity contribution is -0.129. The molecule has 0 saturated carbocycles. The van der Waals surface area contributed by atoms with Crippen LogP contribution in [0, 0.1) is 5.92 Å². The third kappa shape index (κ3) is 4.18. The molecular weight excluding hydrogens is 190 g/mol. The summed E-state index contributed by atoms with van der Waals surface area (Å²) in [5, 5.41) is 0. The SMILES string of the molecule is CC1CC(N)CN(CCC(=O)N(C)C)C1. The smallest absolute Gasteiger partial charge is 0.223 e. The van der Waals surface area contributed by atoms with Gasteiger partial charge in [-0.3, -0.25) is 4.79 Å². The highest BCUT2D eigenvalue weighted by Gasteiger charge is 2.22. The number of hydrogen-bond donors (Lipinski definition) is 1. The standard InChI is InChI=1S/C11H23N3O/c1-9-6-10(12)8-14(7-9)5-4-11(15)13(2)3/h9-10H,4-8,12H2,1-3H3. The maximum absolute atomic E-state index is 11.4. The Balaban J connectivity index is 2.29. The van der Waals surface area contributed by atoms with Gasteiger partial charge >= 0.3 is 0 Å². The molecule has 2 atom stereocenters. The minimum atomic E-state index is 0.196. The monoisotopic (exact) mass is 213 g/mol. The van der Waals surface area contributed by atoms with E-state index in [1.54, 1.807) is 19.0 Å². The Hall–Kier alpha value is -0.610. The van der Waals surface area contributed by atoms with Crippen LogP contribution in [0.3, 0.4) is 0 Å². The summed E-state index contributed by atoms with van der Waals surface area (Å²) in [6.45, 7) is 5.08. The van der Waals surface area contributed by atoms with E-state index in [9.17, 15) is 4.79 Å². The van der Waals surface area contributed by atoms with Gasteiger partial charge in [0.2, 0.25) is 5.91 Å². The molecule has 0 spiro atoms. The lowest BCUT2D eigenvalue weighted by Gasteiger charge is -2.34. The van der Waals surface area contributed by atoms with E-state index in [0.29, 0.717) is 12.3 Å². The number of nitrogens with two attached hydrogens (primary N) is 1. The zero-order valence-electron chi connectivity index (χ0n) is 10.1. The van der Waals surface area contributed by atoms with Crippen LogP contribution in [-0.4, -0.2) is 55.5 Å². The molecule has 0 aromatic heterocycles. The molecule has 1 fully saturated rings. The molecule has 4 nitrogen and oxygen atoms in total. The number of carbonyl (C=O) groups is 1. The number of hydrogen-bond acceptors (Lipinski definition) is 3. The van der Waals surface area contributed by atoms with Crippen LogP contribution in [-0.2, 0) is 4.79 Å². The molecule has 0 bridgehead atoms. The predicted octanol–water partition coefficient (Wildman–Crippen LogP) is 0.134. The maximum atomic E-state index is 11.4. The highest BCUT2D eigenvalue weighted by atomic mass is 16.2. The van der Waals surface area contributed by atoms with Gasteiger partial charge in [-0.1, -0.05) is 6.92 Å². The second-order valence-electron chi connectivity index (χ2n) is 4.90. The van der Waals surface area contributed by atoms with Crippen molar-refractivity contribution >= 4 is 5.91 Å². The molecule has 1 saturated heterocycles. The Morgan fingerprint density at radius 1 is 1.47 bits per heavy atom. The molecule has 4 heteroatoms. The van der Waals surface area contributed by atoms with Gasteiger partial charge in [0.05, 0.1) is 0 Å². The third-order valence-electron chi connectivity index (χ3n) is 2.91. The first-order chi connectivity index (χ1) is 6.99. The summed E-state index contributed by atoms with van der Waals surface area (Å²) in [5.41, 5.74) is 5.94. The van der Waals surface area contributed by atoms with Gasteiger partial charge in [0.25, 0.3) is 0 Å². The summed E-state index contributed by atoms with van der Waals surface area (Å²) in [6.07, 6.45) is 1.71. The summed E-state index contributed by atoms with van der Waals surface area (Å²) in [6, 6.07) is 0.281. The summed E-state index contributed by atoms with van der Waals surface area (Å²) in [4.78, 5) is 15.4. The van der Waals surface area contributed by atoms with Gasteiger partial charge in [-0.15, -0.1) is 0 Å². The van der Waals surface area contributed by atoms with E-state index >= 15 is 0 Å². The van der Waals surface area contributed by atoms with Gasteiger partial charge < -0.3 is 15.5 Å². The van der Waals surface area contributed by atoms with Crippen molar-refractivity contribution in [3.63, 3.8) is 0 Å². The van der Waals surface area contributed by atoms with E-state index in [0.717, 1.165) is 26.1 Å². The first-order valence-electron chi connectivity index (χ1n) is 5.67. The zero-order valence-corrected chi connectivity index (χ0v) is 10.1. The summed E-state index contributed by atoms with van der Waals surface area (Å²) in [7, 11) is 3.60. The van der Waals surface area contributed by atoms with Crippen LogP contribution in [0.4, 0.5) is 0 Å². The Morgan fingerprint density at radius 2 is 2.13 bits per heavy atom. The second kappa shape index (κ2) is 5.47. The summed E-state index contributed by atoms with van der Waals surface area (Å²) < 4.78 is 0. The predicted molar refractivity (Wildman–Crippen MR) is 61.5 cm³/mol. The minimum absolute atomic E-state index is 0.196. The van der Waals surface area contributed by atoms with Crippen LogP contribution in [0.15, 0.2) is 0 Å². The molecule has 1 aliphatic heterocycles. The van der Waals surface area contributed by atoms with Crippen molar-refractivity contribution in [2.45, 2.75) is 25.8 Å². The lowest BCUT2D eigenvalue weighted by atomic mass is 9.96.